The van der Waals surface area contributed by atoms with Crippen LogP contribution in [-0.2, 0) is 11.8 Å². The van der Waals surface area contributed by atoms with Crippen molar-refractivity contribution in [3.63, 3.8) is 0 Å². The predicted octanol–water partition coefficient (Wildman–Crippen LogP) is 3.45. The minimum atomic E-state index is -0.521. The van der Waals surface area contributed by atoms with Crippen LogP contribution in [0.5, 0.6) is 0 Å². The van der Waals surface area contributed by atoms with E-state index in [4.69, 9.17) is 5.41 Å². The Morgan fingerprint density at radius 3 is 2.48 bits per heavy atom. The lowest BCUT2D eigenvalue weighted by Gasteiger charge is -2.12. The molecule has 31 heavy (non-hydrogen) atoms. The number of non-ortho nitro benzene ring substituents is 1. The zero-order valence-corrected chi connectivity index (χ0v) is 17.4. The summed E-state index contributed by atoms with van der Waals surface area (Å²) in [6.07, 6.45) is 1.49. The molecule has 9 nitrogen and oxygen atoms in total. The normalized spacial score (nSPS) is 15.2. The molecule has 0 unspecified atom stereocenters. The monoisotopic (exact) mass is 435 g/mol. The summed E-state index contributed by atoms with van der Waals surface area (Å²) in [7, 11) is 1.71. The number of carbonyl (C=O) groups is 1. The number of hydrogen-bond acceptors (Lipinski definition) is 6. The number of para-hydroxylation sites is 1. The van der Waals surface area contributed by atoms with Crippen molar-refractivity contribution in [1.82, 2.24) is 9.36 Å². The molecule has 1 aromatic heterocycles. The first kappa shape index (κ1) is 20.4. The number of rotatable bonds is 4. The molecule has 1 amide bonds. The van der Waals surface area contributed by atoms with Gasteiger partial charge in [0.25, 0.3) is 17.2 Å². The summed E-state index contributed by atoms with van der Waals surface area (Å²) in [6.45, 7) is 1.71. The van der Waals surface area contributed by atoms with Crippen molar-refractivity contribution in [3.05, 3.63) is 91.2 Å². The topological polar surface area (TPSA) is 114 Å². The number of amidine groups is 1. The SMILES string of the molecule is Cc1c(N2C(=N)SC(=Cc3cccc([N+](=O)[O-])c3)C2=O)c(=O)n(-c2ccccc2)n1C. The molecule has 0 spiro atoms. The van der Waals surface area contributed by atoms with E-state index in [1.807, 2.05) is 18.2 Å². The van der Waals surface area contributed by atoms with Gasteiger partial charge in [-0.05, 0) is 42.5 Å². The first-order valence-electron chi connectivity index (χ1n) is 9.20. The number of hydrogen-bond donors (Lipinski definition) is 1. The quantitative estimate of drug-likeness (QED) is 0.383. The average Bonchev–Trinajstić information content (AvgIpc) is 3.14. The van der Waals surface area contributed by atoms with E-state index in [0.29, 0.717) is 16.9 Å². The van der Waals surface area contributed by atoms with Gasteiger partial charge in [0.2, 0.25) is 0 Å². The lowest BCUT2D eigenvalue weighted by molar-refractivity contribution is -0.384. The minimum Gasteiger partial charge on any atom is -0.283 e. The largest absolute Gasteiger partial charge is 0.296 e. The van der Waals surface area contributed by atoms with Crippen LogP contribution >= 0.6 is 11.8 Å². The Hall–Kier alpha value is -3.92. The molecule has 0 saturated carbocycles. The lowest BCUT2D eigenvalue weighted by atomic mass is 10.2. The summed E-state index contributed by atoms with van der Waals surface area (Å²) in [5, 5.41) is 19.2. The van der Waals surface area contributed by atoms with Crippen molar-refractivity contribution in [3.8, 4) is 5.69 Å². The van der Waals surface area contributed by atoms with Crippen LogP contribution < -0.4 is 10.5 Å². The maximum atomic E-state index is 13.2. The van der Waals surface area contributed by atoms with Crippen LogP contribution in [0.4, 0.5) is 11.4 Å². The number of nitro benzene ring substituents is 1. The third kappa shape index (κ3) is 3.46. The molecular formula is C21H17N5O4S. The number of nitrogens with one attached hydrogen (secondary N) is 1. The van der Waals surface area contributed by atoms with Crippen molar-refractivity contribution in [2.45, 2.75) is 6.92 Å². The summed E-state index contributed by atoms with van der Waals surface area (Å²) < 4.78 is 3.08. The van der Waals surface area contributed by atoms with E-state index in [1.54, 1.807) is 36.9 Å². The second-order valence-corrected chi connectivity index (χ2v) is 7.85. The van der Waals surface area contributed by atoms with Crippen molar-refractivity contribution in [2.75, 3.05) is 4.90 Å². The highest BCUT2D eigenvalue weighted by molar-refractivity contribution is 8.19. The van der Waals surface area contributed by atoms with Crippen LogP contribution in [0.2, 0.25) is 0 Å². The lowest BCUT2D eigenvalue weighted by Crippen LogP contribution is -2.33. The Morgan fingerprint density at radius 1 is 1.10 bits per heavy atom. The Bertz CT molecular complexity index is 1320. The molecule has 156 valence electrons. The fraction of sp³-hybridized carbons (Fsp3) is 0.0952. The number of carbonyl (C=O) groups excluding carboxylic acids is 1. The second kappa shape index (κ2) is 7.73. The fourth-order valence-electron chi connectivity index (χ4n) is 3.38. The van der Waals surface area contributed by atoms with Gasteiger partial charge in [-0.25, -0.2) is 9.58 Å². The van der Waals surface area contributed by atoms with Gasteiger partial charge in [0.15, 0.2) is 5.17 Å². The second-order valence-electron chi connectivity index (χ2n) is 6.82. The predicted molar refractivity (Wildman–Crippen MR) is 120 cm³/mol. The van der Waals surface area contributed by atoms with Gasteiger partial charge in [0, 0.05) is 19.2 Å². The third-order valence-corrected chi connectivity index (χ3v) is 5.84. The van der Waals surface area contributed by atoms with Crippen molar-refractivity contribution in [2.24, 2.45) is 7.05 Å². The maximum Gasteiger partial charge on any atom is 0.296 e. The molecule has 1 saturated heterocycles. The molecule has 0 aliphatic carbocycles. The van der Waals surface area contributed by atoms with E-state index in [9.17, 15) is 19.7 Å². The number of benzene rings is 2. The van der Waals surface area contributed by atoms with Crippen molar-refractivity contribution in [1.29, 1.82) is 5.41 Å². The molecule has 0 bridgehead atoms. The number of nitrogens with zero attached hydrogens (tertiary/aromatic N) is 4. The molecule has 0 atom stereocenters. The Morgan fingerprint density at radius 2 is 1.81 bits per heavy atom. The summed E-state index contributed by atoms with van der Waals surface area (Å²) in [5.41, 5.74) is 1.23. The number of thioether (sulfide) groups is 1. The van der Waals surface area contributed by atoms with Gasteiger partial charge in [0.1, 0.15) is 5.69 Å². The number of amides is 1. The molecule has 3 aromatic rings. The number of aromatic nitrogens is 2. The van der Waals surface area contributed by atoms with E-state index in [0.717, 1.165) is 16.7 Å². The summed E-state index contributed by atoms with van der Waals surface area (Å²) in [6, 6.07) is 14.9. The van der Waals surface area contributed by atoms with E-state index in [1.165, 1.54) is 29.0 Å². The van der Waals surface area contributed by atoms with Crippen molar-refractivity contribution >= 4 is 40.3 Å². The van der Waals surface area contributed by atoms with Crippen LogP contribution in [-0.4, -0.2) is 25.4 Å². The van der Waals surface area contributed by atoms with Gasteiger partial charge in [-0.1, -0.05) is 30.3 Å². The summed E-state index contributed by atoms with van der Waals surface area (Å²) in [5.74, 6) is -0.521. The van der Waals surface area contributed by atoms with Crippen molar-refractivity contribution < 1.29 is 9.72 Å². The molecule has 2 aromatic carbocycles. The zero-order valence-electron chi connectivity index (χ0n) is 16.6. The van der Waals surface area contributed by atoms with Gasteiger partial charge in [0.05, 0.1) is 21.2 Å². The zero-order chi connectivity index (χ0) is 22.3. The van der Waals surface area contributed by atoms with Gasteiger partial charge in [-0.15, -0.1) is 0 Å². The molecule has 2 heterocycles. The first-order chi connectivity index (χ1) is 14.8. The van der Waals surface area contributed by atoms with E-state index < -0.39 is 16.4 Å². The summed E-state index contributed by atoms with van der Waals surface area (Å²) >= 11 is 0.908. The van der Waals surface area contributed by atoms with Crippen LogP contribution in [0, 0.1) is 22.4 Å². The molecular weight excluding hydrogens is 418 g/mol. The van der Waals surface area contributed by atoms with Crippen LogP contribution in [0.25, 0.3) is 11.8 Å². The summed E-state index contributed by atoms with van der Waals surface area (Å²) in [4.78, 5) is 38.1. The Balaban J connectivity index is 1.77. The maximum absolute atomic E-state index is 13.2. The average molecular weight is 435 g/mol. The minimum absolute atomic E-state index is 0.0959. The molecule has 0 radical (unpaired) electrons. The number of anilines is 1. The van der Waals surface area contributed by atoms with E-state index in [2.05, 4.69) is 0 Å². The van der Waals surface area contributed by atoms with E-state index >= 15 is 0 Å². The van der Waals surface area contributed by atoms with Gasteiger partial charge in [-0.3, -0.25) is 29.8 Å². The molecule has 1 N–H and O–H groups in total. The highest BCUT2D eigenvalue weighted by atomic mass is 32.2. The first-order valence-corrected chi connectivity index (χ1v) is 10.0. The Kier molecular flexibility index (Phi) is 5.07. The number of nitro groups is 1. The molecule has 1 aliphatic rings. The third-order valence-electron chi connectivity index (χ3n) is 4.95. The molecule has 10 heteroatoms. The highest BCUT2D eigenvalue weighted by Gasteiger charge is 2.38. The van der Waals surface area contributed by atoms with Gasteiger partial charge < -0.3 is 0 Å². The fourth-order valence-corrected chi connectivity index (χ4v) is 4.23. The van der Waals surface area contributed by atoms with E-state index in [-0.39, 0.29) is 21.4 Å². The van der Waals surface area contributed by atoms with Crippen LogP contribution in [0.3, 0.4) is 0 Å². The van der Waals surface area contributed by atoms with Gasteiger partial charge >= 0.3 is 0 Å². The molecule has 1 fully saturated rings. The van der Waals surface area contributed by atoms with Crippen LogP contribution in [0.1, 0.15) is 11.3 Å². The molecule has 1 aliphatic heterocycles. The Labute approximate surface area is 180 Å². The van der Waals surface area contributed by atoms with Crippen LogP contribution in [0.15, 0.2) is 64.3 Å². The highest BCUT2D eigenvalue weighted by Crippen LogP contribution is 2.35. The smallest absolute Gasteiger partial charge is 0.283 e. The van der Waals surface area contributed by atoms with Gasteiger partial charge in [-0.2, -0.15) is 0 Å². The standard InChI is InChI=1S/C21H17N5O4S/c1-13-18(20(28)25(23(13)2)15-8-4-3-5-9-15)24-19(27)17(31-21(24)22)12-14-7-6-10-16(11-14)26(29)30/h3-12,22H,1-2H3. The molecule has 4 rings (SSSR count).